The average Bonchev–Trinajstić information content (AvgIpc) is 2.37. The van der Waals surface area contributed by atoms with E-state index in [1.807, 2.05) is 0 Å². The molecule has 20 heavy (non-hydrogen) atoms. The van der Waals surface area contributed by atoms with Gasteiger partial charge in [-0.3, -0.25) is 4.79 Å². The van der Waals surface area contributed by atoms with Crippen molar-refractivity contribution in [1.82, 2.24) is 10.3 Å². The monoisotopic (exact) mass is 310 g/mol. The van der Waals surface area contributed by atoms with Crippen molar-refractivity contribution < 1.29 is 18.0 Å². The minimum atomic E-state index is -4.17. The molecule has 1 rings (SSSR count). The summed E-state index contributed by atoms with van der Waals surface area (Å²) in [7, 11) is 0. The lowest BCUT2D eigenvalue weighted by molar-refractivity contribution is -0.135. The molecule has 0 unspecified atom stereocenters. The quantitative estimate of drug-likeness (QED) is 0.428. The Hall–Kier alpha value is -1.54. The van der Waals surface area contributed by atoms with E-state index >= 15 is 0 Å². The van der Waals surface area contributed by atoms with Gasteiger partial charge in [0.25, 0.3) is 5.91 Å². The van der Waals surface area contributed by atoms with Crippen LogP contribution < -0.4 is 16.6 Å². The number of alkyl halides is 3. The number of carbonyl (C=O) groups is 1. The number of nitrogens with zero attached hydrogens (tertiary/aromatic N) is 1. The summed E-state index contributed by atoms with van der Waals surface area (Å²) in [6.07, 6.45) is -4.86. The number of unbranched alkanes of at least 4 members (excludes halogenated alkanes) is 1. The number of amides is 1. The molecule has 1 heterocycles. The minimum absolute atomic E-state index is 0.0297. The summed E-state index contributed by atoms with van der Waals surface area (Å²) >= 11 is 5.81. The van der Waals surface area contributed by atoms with Gasteiger partial charge in [0.15, 0.2) is 0 Å². The highest BCUT2D eigenvalue weighted by molar-refractivity contribution is 6.33. The van der Waals surface area contributed by atoms with Gasteiger partial charge >= 0.3 is 6.18 Å². The highest BCUT2D eigenvalue weighted by atomic mass is 35.5. The SMILES string of the molecule is NNc1ccc(Cl)c(C(=O)NCCCCC(F)(F)F)n1. The summed E-state index contributed by atoms with van der Waals surface area (Å²) in [4.78, 5) is 15.6. The molecule has 1 aromatic rings. The molecule has 0 spiro atoms. The van der Waals surface area contributed by atoms with Gasteiger partial charge in [-0.25, -0.2) is 10.8 Å². The maximum Gasteiger partial charge on any atom is 0.389 e. The van der Waals surface area contributed by atoms with Gasteiger partial charge in [-0.05, 0) is 25.0 Å². The molecule has 4 N–H and O–H groups in total. The topological polar surface area (TPSA) is 80.0 Å². The number of halogens is 4. The van der Waals surface area contributed by atoms with Crippen LogP contribution in [0.5, 0.6) is 0 Å². The van der Waals surface area contributed by atoms with Crippen LogP contribution in [-0.2, 0) is 0 Å². The molecule has 0 atom stereocenters. The normalized spacial score (nSPS) is 11.2. The molecular formula is C11H14ClF3N4O. The number of anilines is 1. The fourth-order valence-electron chi connectivity index (χ4n) is 1.42. The Kier molecular flexibility index (Phi) is 6.03. The number of nitrogens with two attached hydrogens (primary N) is 1. The Morgan fingerprint density at radius 3 is 2.65 bits per heavy atom. The number of hydrazine groups is 1. The maximum atomic E-state index is 11.9. The van der Waals surface area contributed by atoms with Crippen LogP contribution in [0.1, 0.15) is 29.8 Å². The third-order valence-corrected chi connectivity index (χ3v) is 2.69. The van der Waals surface area contributed by atoms with Crippen molar-refractivity contribution in [2.24, 2.45) is 5.84 Å². The van der Waals surface area contributed by atoms with Crippen LogP contribution in [0.3, 0.4) is 0 Å². The van der Waals surface area contributed by atoms with E-state index in [0.29, 0.717) is 0 Å². The van der Waals surface area contributed by atoms with Crippen LogP contribution in [0.2, 0.25) is 5.02 Å². The predicted octanol–water partition coefficient (Wildman–Crippen LogP) is 2.48. The summed E-state index contributed by atoms with van der Waals surface area (Å²) < 4.78 is 35.7. The number of pyridine rings is 1. The van der Waals surface area contributed by atoms with Crippen LogP contribution in [0.15, 0.2) is 12.1 Å². The summed E-state index contributed by atoms with van der Waals surface area (Å²) in [6, 6.07) is 2.94. The van der Waals surface area contributed by atoms with E-state index < -0.39 is 18.5 Å². The van der Waals surface area contributed by atoms with Gasteiger partial charge < -0.3 is 10.7 Å². The first kappa shape index (κ1) is 16.5. The molecule has 112 valence electrons. The fraction of sp³-hybridized carbons (Fsp3) is 0.455. The van der Waals surface area contributed by atoms with Gasteiger partial charge in [-0.2, -0.15) is 13.2 Å². The fourth-order valence-corrected chi connectivity index (χ4v) is 1.61. The zero-order valence-electron chi connectivity index (χ0n) is 10.4. The van der Waals surface area contributed by atoms with Crippen LogP contribution in [0.25, 0.3) is 0 Å². The van der Waals surface area contributed by atoms with Crippen molar-refractivity contribution in [3.8, 4) is 0 Å². The zero-order valence-corrected chi connectivity index (χ0v) is 11.2. The largest absolute Gasteiger partial charge is 0.389 e. The molecule has 0 aliphatic heterocycles. The number of carbonyl (C=O) groups excluding carboxylic acids is 1. The number of rotatable bonds is 6. The molecule has 1 amide bonds. The lowest BCUT2D eigenvalue weighted by atomic mass is 10.2. The highest BCUT2D eigenvalue weighted by Gasteiger charge is 2.25. The maximum absolute atomic E-state index is 11.9. The van der Waals surface area contributed by atoms with Crippen LogP contribution in [0.4, 0.5) is 19.0 Å². The third-order valence-electron chi connectivity index (χ3n) is 2.38. The van der Waals surface area contributed by atoms with Crippen molar-refractivity contribution in [3.63, 3.8) is 0 Å². The van der Waals surface area contributed by atoms with Crippen LogP contribution in [0, 0.1) is 0 Å². The Balaban J connectivity index is 2.43. The van der Waals surface area contributed by atoms with Crippen LogP contribution >= 0.6 is 11.6 Å². The van der Waals surface area contributed by atoms with E-state index in [0.717, 1.165) is 0 Å². The zero-order chi connectivity index (χ0) is 15.2. The van der Waals surface area contributed by atoms with Gasteiger partial charge in [-0.15, -0.1) is 0 Å². The van der Waals surface area contributed by atoms with Crippen molar-refractivity contribution in [1.29, 1.82) is 0 Å². The average molecular weight is 311 g/mol. The van der Waals surface area contributed by atoms with E-state index in [4.69, 9.17) is 17.4 Å². The molecule has 0 fully saturated rings. The second-order valence-electron chi connectivity index (χ2n) is 4.00. The molecule has 1 aromatic heterocycles. The number of hydrogen-bond donors (Lipinski definition) is 3. The summed E-state index contributed by atoms with van der Waals surface area (Å²) in [5, 5.41) is 2.59. The second-order valence-corrected chi connectivity index (χ2v) is 4.41. The first-order valence-corrected chi connectivity index (χ1v) is 6.19. The third kappa shape index (κ3) is 5.62. The van der Waals surface area contributed by atoms with Gasteiger partial charge in [0.2, 0.25) is 0 Å². The van der Waals surface area contributed by atoms with Gasteiger partial charge in [-0.1, -0.05) is 11.6 Å². The molecular weight excluding hydrogens is 297 g/mol. The predicted molar refractivity (Wildman–Crippen MR) is 69.3 cm³/mol. The number of hydrogen-bond acceptors (Lipinski definition) is 4. The second kappa shape index (κ2) is 7.30. The van der Waals surface area contributed by atoms with Crippen molar-refractivity contribution >= 4 is 23.3 Å². The lowest BCUT2D eigenvalue weighted by Gasteiger charge is -2.08. The molecule has 0 aliphatic carbocycles. The minimum Gasteiger partial charge on any atom is -0.351 e. The van der Waals surface area contributed by atoms with E-state index in [1.54, 1.807) is 0 Å². The summed E-state index contributed by atoms with van der Waals surface area (Å²) in [6.45, 7) is 0.118. The summed E-state index contributed by atoms with van der Waals surface area (Å²) in [5.74, 6) is 4.86. The first-order chi connectivity index (χ1) is 9.33. The standard InChI is InChI=1S/C11H14ClF3N4O/c12-7-3-4-8(19-16)18-9(7)10(20)17-6-2-1-5-11(13,14)15/h3-4H,1-2,5-6,16H2,(H,17,20)(H,18,19). The van der Waals surface area contributed by atoms with E-state index in [2.05, 4.69) is 15.7 Å². The first-order valence-electron chi connectivity index (χ1n) is 5.81. The number of aromatic nitrogens is 1. The highest BCUT2D eigenvalue weighted by Crippen LogP contribution is 2.22. The molecule has 0 aliphatic rings. The molecule has 5 nitrogen and oxygen atoms in total. The molecule has 0 aromatic carbocycles. The Morgan fingerprint density at radius 1 is 1.35 bits per heavy atom. The van der Waals surface area contributed by atoms with Gasteiger partial charge in [0.05, 0.1) is 5.02 Å². The van der Waals surface area contributed by atoms with Gasteiger partial charge in [0, 0.05) is 13.0 Å². The molecule has 0 saturated heterocycles. The van der Waals surface area contributed by atoms with Crippen molar-refractivity contribution in [2.45, 2.75) is 25.4 Å². The Labute approximate surface area is 118 Å². The number of nitrogens with one attached hydrogen (secondary N) is 2. The molecule has 0 saturated carbocycles. The summed E-state index contributed by atoms with van der Waals surface area (Å²) in [5.41, 5.74) is 2.24. The van der Waals surface area contributed by atoms with E-state index in [-0.39, 0.29) is 35.9 Å². The smallest absolute Gasteiger partial charge is 0.351 e. The van der Waals surface area contributed by atoms with Crippen molar-refractivity contribution in [2.75, 3.05) is 12.0 Å². The van der Waals surface area contributed by atoms with Gasteiger partial charge in [0.1, 0.15) is 11.5 Å². The van der Waals surface area contributed by atoms with Crippen LogP contribution in [-0.4, -0.2) is 23.6 Å². The molecule has 9 heteroatoms. The van der Waals surface area contributed by atoms with E-state index in [1.165, 1.54) is 12.1 Å². The number of nitrogen functional groups attached to an aromatic ring is 1. The van der Waals surface area contributed by atoms with E-state index in [9.17, 15) is 18.0 Å². The Morgan fingerprint density at radius 2 is 2.05 bits per heavy atom. The van der Waals surface area contributed by atoms with Crippen molar-refractivity contribution in [3.05, 3.63) is 22.8 Å². The lowest BCUT2D eigenvalue weighted by Crippen LogP contribution is -2.26. The molecule has 0 bridgehead atoms. The molecule has 0 radical (unpaired) electrons. The Bertz CT molecular complexity index is 467.